The number of hydrogen-bond acceptors (Lipinski definition) is 7. The summed E-state index contributed by atoms with van der Waals surface area (Å²) in [7, 11) is 0. The average molecular weight is 624 g/mol. The number of amides is 2. The van der Waals surface area contributed by atoms with Crippen molar-refractivity contribution in [1.29, 1.82) is 0 Å². The van der Waals surface area contributed by atoms with E-state index in [-0.39, 0.29) is 30.2 Å². The molecule has 9 heteroatoms. The highest BCUT2D eigenvalue weighted by atomic mass is 16.6. The molecular weight excluding hydrogens is 582 g/mol. The topological polar surface area (TPSA) is 92.5 Å². The van der Waals surface area contributed by atoms with Crippen LogP contribution in [0.1, 0.15) is 86.3 Å². The second-order valence-corrected chi connectivity index (χ2v) is 12.2. The largest absolute Gasteiger partial charge is 0.461 e. The maximum absolute atomic E-state index is 14.5. The Morgan fingerprint density at radius 1 is 0.826 bits per heavy atom. The number of furan rings is 1. The van der Waals surface area contributed by atoms with Crippen molar-refractivity contribution >= 4 is 23.7 Å². The summed E-state index contributed by atoms with van der Waals surface area (Å²) in [6, 6.07) is 28.5. The predicted molar refractivity (Wildman–Crippen MR) is 175 cm³/mol. The Kier molecular flexibility index (Phi) is 8.96. The van der Waals surface area contributed by atoms with Crippen molar-refractivity contribution in [3.8, 4) is 0 Å². The number of benzene rings is 3. The standard InChI is InChI=1S/C37H41N3O6/c1-8-44-34(42)39-33(27-16-12-10-13-17-27)38(30-18-14-11-15-19-30)37(40(39)35(43)45-9-2,32-24-31(25(3)41)26(4)46-32)29-22-20-28(21-23-29)36(5,6)7/h10-24,33H,8-9H2,1-7H3/t33-,37+/m0/s1. The van der Waals surface area contributed by atoms with Crippen LogP contribution in [0.25, 0.3) is 0 Å². The maximum Gasteiger partial charge on any atom is 0.432 e. The second kappa shape index (κ2) is 12.7. The maximum atomic E-state index is 14.5. The molecule has 1 aromatic heterocycles. The number of Topliss-reactive ketones (excluding diaryl/α,β-unsaturated/α-hetero) is 1. The lowest BCUT2D eigenvalue weighted by Gasteiger charge is -2.42. The number of rotatable bonds is 7. The third-order valence-corrected chi connectivity index (χ3v) is 8.17. The van der Waals surface area contributed by atoms with Crippen molar-refractivity contribution < 1.29 is 28.3 Å². The fraction of sp³-hybridized carbons (Fsp3) is 0.324. The van der Waals surface area contributed by atoms with Crippen LogP contribution in [0.4, 0.5) is 15.3 Å². The Morgan fingerprint density at radius 2 is 1.39 bits per heavy atom. The Balaban J connectivity index is 1.99. The first-order valence-corrected chi connectivity index (χ1v) is 15.5. The van der Waals surface area contributed by atoms with Gasteiger partial charge in [-0.3, -0.25) is 4.79 Å². The molecule has 0 radical (unpaired) electrons. The molecule has 9 nitrogen and oxygen atoms in total. The molecule has 0 saturated carbocycles. The van der Waals surface area contributed by atoms with Crippen molar-refractivity contribution in [3.05, 3.63) is 125 Å². The van der Waals surface area contributed by atoms with Gasteiger partial charge in [-0.15, -0.1) is 0 Å². The lowest BCUT2D eigenvalue weighted by atomic mass is 9.84. The molecule has 3 aromatic carbocycles. The Bertz CT molecular complexity index is 1690. The van der Waals surface area contributed by atoms with E-state index in [0.29, 0.717) is 28.1 Å². The van der Waals surface area contributed by atoms with Crippen LogP contribution in [0, 0.1) is 6.92 Å². The number of ether oxygens (including phenoxy) is 2. The minimum atomic E-state index is -1.67. The Labute approximate surface area is 270 Å². The third kappa shape index (κ3) is 5.50. The Hall–Kier alpha value is -5.05. The second-order valence-electron chi connectivity index (χ2n) is 12.2. The van der Waals surface area contributed by atoms with Crippen molar-refractivity contribution in [3.63, 3.8) is 0 Å². The molecule has 240 valence electrons. The third-order valence-electron chi connectivity index (χ3n) is 8.17. The van der Waals surface area contributed by atoms with E-state index in [2.05, 4.69) is 20.8 Å². The molecule has 2 heterocycles. The van der Waals surface area contributed by atoms with E-state index < -0.39 is 24.0 Å². The molecule has 0 unspecified atom stereocenters. The number of aryl methyl sites for hydroxylation is 1. The van der Waals surface area contributed by atoms with Crippen molar-refractivity contribution in [2.45, 2.75) is 65.7 Å². The van der Waals surface area contributed by atoms with Crippen LogP contribution in [0.3, 0.4) is 0 Å². The van der Waals surface area contributed by atoms with Gasteiger partial charge in [-0.25, -0.2) is 9.59 Å². The van der Waals surface area contributed by atoms with Crippen LogP contribution in [0.15, 0.2) is 95.4 Å². The van der Waals surface area contributed by atoms with Crippen LogP contribution in [0.5, 0.6) is 0 Å². The molecule has 0 spiro atoms. The van der Waals surface area contributed by atoms with Gasteiger partial charge in [0.05, 0.1) is 18.8 Å². The summed E-state index contributed by atoms with van der Waals surface area (Å²) in [4.78, 5) is 43.4. The molecule has 1 saturated heterocycles. The summed E-state index contributed by atoms with van der Waals surface area (Å²) in [5, 5.41) is 2.58. The van der Waals surface area contributed by atoms with Crippen molar-refractivity contribution in [2.75, 3.05) is 18.1 Å². The number of ketones is 1. The molecule has 2 amide bonds. The Morgan fingerprint density at radius 3 is 1.91 bits per heavy atom. The van der Waals surface area contributed by atoms with Gasteiger partial charge in [-0.2, -0.15) is 10.0 Å². The van der Waals surface area contributed by atoms with Gasteiger partial charge in [0.25, 0.3) is 0 Å². The first kappa shape index (κ1) is 32.3. The van der Waals surface area contributed by atoms with Crippen molar-refractivity contribution in [1.82, 2.24) is 10.0 Å². The van der Waals surface area contributed by atoms with Crippen LogP contribution < -0.4 is 4.90 Å². The number of hydrazine groups is 1. The monoisotopic (exact) mass is 623 g/mol. The molecule has 1 aliphatic rings. The smallest absolute Gasteiger partial charge is 0.432 e. The molecule has 1 aliphatic heterocycles. The summed E-state index contributed by atoms with van der Waals surface area (Å²) in [6.45, 7) is 13.1. The molecule has 1 fully saturated rings. The quantitative estimate of drug-likeness (QED) is 0.191. The van der Waals surface area contributed by atoms with Gasteiger partial charge in [0.15, 0.2) is 17.7 Å². The van der Waals surface area contributed by atoms with Gasteiger partial charge in [0.1, 0.15) is 5.76 Å². The van der Waals surface area contributed by atoms with Crippen LogP contribution in [0.2, 0.25) is 0 Å². The average Bonchev–Trinajstić information content (AvgIpc) is 3.59. The molecule has 0 aliphatic carbocycles. The van der Waals surface area contributed by atoms with E-state index in [0.717, 1.165) is 5.56 Å². The number of carbonyl (C=O) groups excluding carboxylic acids is 3. The fourth-order valence-electron chi connectivity index (χ4n) is 6.09. The summed E-state index contributed by atoms with van der Waals surface area (Å²) in [5.41, 5.74) is 1.59. The minimum absolute atomic E-state index is 0.0439. The summed E-state index contributed by atoms with van der Waals surface area (Å²) in [6.07, 6.45) is -2.47. The minimum Gasteiger partial charge on any atom is -0.461 e. The van der Waals surface area contributed by atoms with Crippen LogP contribution >= 0.6 is 0 Å². The van der Waals surface area contributed by atoms with E-state index in [9.17, 15) is 14.4 Å². The first-order chi connectivity index (χ1) is 22.0. The predicted octanol–water partition coefficient (Wildman–Crippen LogP) is 8.34. The molecule has 2 atom stereocenters. The van der Waals surface area contributed by atoms with Gasteiger partial charge >= 0.3 is 12.2 Å². The number of anilines is 1. The molecule has 5 rings (SSSR count). The summed E-state index contributed by atoms with van der Waals surface area (Å²) >= 11 is 0. The fourth-order valence-corrected chi connectivity index (χ4v) is 6.09. The van der Waals surface area contributed by atoms with E-state index in [1.54, 1.807) is 26.8 Å². The number of para-hydroxylation sites is 1. The highest BCUT2D eigenvalue weighted by Gasteiger charge is 2.65. The highest BCUT2D eigenvalue weighted by molar-refractivity contribution is 5.95. The number of carbonyl (C=O) groups is 3. The first-order valence-electron chi connectivity index (χ1n) is 15.5. The number of nitrogens with zero attached hydrogens (tertiary/aromatic N) is 3. The van der Waals surface area contributed by atoms with E-state index >= 15 is 0 Å². The molecule has 0 bridgehead atoms. The molecule has 46 heavy (non-hydrogen) atoms. The van der Waals surface area contributed by atoms with Gasteiger partial charge < -0.3 is 18.8 Å². The van der Waals surface area contributed by atoms with Crippen LogP contribution in [-0.2, 0) is 20.6 Å². The zero-order valence-corrected chi connectivity index (χ0v) is 27.4. The normalized spacial score (nSPS) is 18.1. The van der Waals surface area contributed by atoms with Gasteiger partial charge in [0, 0.05) is 11.3 Å². The molecular formula is C37H41N3O6. The number of hydrogen-bond donors (Lipinski definition) is 0. The zero-order chi connectivity index (χ0) is 33.2. The van der Waals surface area contributed by atoms with E-state index in [1.807, 2.05) is 89.8 Å². The zero-order valence-electron chi connectivity index (χ0n) is 27.4. The van der Waals surface area contributed by atoms with Crippen molar-refractivity contribution in [2.24, 2.45) is 0 Å². The molecule has 0 N–H and O–H groups in total. The van der Waals surface area contributed by atoms with Gasteiger partial charge in [-0.05, 0) is 62.4 Å². The molecule has 4 aromatic rings. The van der Waals surface area contributed by atoms with E-state index in [4.69, 9.17) is 13.9 Å². The summed E-state index contributed by atoms with van der Waals surface area (Å²) < 4.78 is 17.9. The summed E-state index contributed by atoms with van der Waals surface area (Å²) in [5.74, 6) is 0.443. The SMILES string of the molecule is CCOC(=O)N1[C@@H](c2ccccc2)N(c2ccccc2)[C@@](c2ccc(C(C)(C)C)cc2)(c2cc(C(C)=O)c(C)o2)N1C(=O)OCC. The van der Waals surface area contributed by atoms with Crippen LogP contribution in [-0.4, -0.2) is 41.2 Å². The highest BCUT2D eigenvalue weighted by Crippen LogP contribution is 2.55. The lowest BCUT2D eigenvalue weighted by Crippen LogP contribution is -2.57. The van der Waals surface area contributed by atoms with Gasteiger partial charge in [0.2, 0.25) is 5.66 Å². The lowest BCUT2D eigenvalue weighted by molar-refractivity contribution is -0.0432. The van der Waals surface area contributed by atoms with E-state index in [1.165, 1.54) is 16.9 Å². The van der Waals surface area contributed by atoms with Gasteiger partial charge in [-0.1, -0.05) is 93.6 Å².